The molecule has 1 N–H and O–H groups in total. The standard InChI is InChI=1S/C19H19N5O3S/c25-17(26)16-12-14-15(28-16)6-11-27-19(14)7-9-23(10-8-19)18-20-21-22-24(18)13-4-2-1-3-5-13/h1-5,12H,6-11H2,(H,25,26). The van der Waals surface area contributed by atoms with Gasteiger partial charge in [0.2, 0.25) is 5.95 Å². The SMILES string of the molecule is O=C(O)c1cc2c(s1)CCOC21CCN(c2nnnn2-c2ccccc2)CC1. The Kier molecular flexibility index (Phi) is 4.13. The Labute approximate surface area is 165 Å². The molecule has 0 unspecified atom stereocenters. The highest BCUT2D eigenvalue weighted by molar-refractivity contribution is 7.14. The first kappa shape index (κ1) is 17.3. The number of fused-ring (bicyclic) bond motifs is 2. The summed E-state index contributed by atoms with van der Waals surface area (Å²) in [4.78, 5) is 15.1. The van der Waals surface area contributed by atoms with Crippen molar-refractivity contribution in [3.8, 4) is 5.69 Å². The summed E-state index contributed by atoms with van der Waals surface area (Å²) in [6.45, 7) is 2.12. The van der Waals surface area contributed by atoms with Gasteiger partial charge < -0.3 is 14.7 Å². The average molecular weight is 397 g/mol. The van der Waals surface area contributed by atoms with Crippen molar-refractivity contribution in [2.75, 3.05) is 24.6 Å². The number of para-hydroxylation sites is 1. The maximum absolute atomic E-state index is 11.4. The van der Waals surface area contributed by atoms with Crippen LogP contribution < -0.4 is 4.90 Å². The number of aromatic carboxylic acids is 1. The number of hydrogen-bond donors (Lipinski definition) is 1. The van der Waals surface area contributed by atoms with Gasteiger partial charge in [-0.3, -0.25) is 0 Å². The number of carbonyl (C=O) groups is 1. The van der Waals surface area contributed by atoms with Crippen molar-refractivity contribution >= 4 is 23.3 Å². The minimum Gasteiger partial charge on any atom is -0.477 e. The summed E-state index contributed by atoms with van der Waals surface area (Å²) in [6.07, 6.45) is 2.33. The number of carboxylic acids is 1. The largest absolute Gasteiger partial charge is 0.477 e. The van der Waals surface area contributed by atoms with E-state index in [-0.39, 0.29) is 0 Å². The fourth-order valence-corrected chi connectivity index (χ4v) is 5.19. The number of hydrogen-bond acceptors (Lipinski definition) is 7. The first-order valence-corrected chi connectivity index (χ1v) is 10.1. The first-order valence-electron chi connectivity index (χ1n) is 9.25. The maximum atomic E-state index is 11.4. The van der Waals surface area contributed by atoms with Crippen LogP contribution in [0.5, 0.6) is 0 Å². The van der Waals surface area contributed by atoms with Crippen molar-refractivity contribution in [2.45, 2.75) is 24.9 Å². The summed E-state index contributed by atoms with van der Waals surface area (Å²) < 4.78 is 7.98. The highest BCUT2D eigenvalue weighted by Crippen LogP contribution is 2.45. The lowest BCUT2D eigenvalue weighted by atomic mass is 9.82. The number of benzene rings is 1. The van der Waals surface area contributed by atoms with Gasteiger partial charge in [0, 0.05) is 24.4 Å². The fraction of sp³-hybridized carbons (Fsp3) is 0.368. The quantitative estimate of drug-likeness (QED) is 0.726. The molecule has 5 rings (SSSR count). The second-order valence-electron chi connectivity index (χ2n) is 7.06. The van der Waals surface area contributed by atoms with E-state index in [1.54, 1.807) is 4.68 Å². The summed E-state index contributed by atoms with van der Waals surface area (Å²) in [7, 11) is 0. The van der Waals surface area contributed by atoms with Crippen LogP contribution in [0.3, 0.4) is 0 Å². The molecule has 1 spiro atoms. The lowest BCUT2D eigenvalue weighted by Crippen LogP contribution is -2.47. The van der Waals surface area contributed by atoms with Gasteiger partial charge in [0.1, 0.15) is 4.88 Å². The van der Waals surface area contributed by atoms with E-state index in [0.29, 0.717) is 17.4 Å². The highest BCUT2D eigenvalue weighted by atomic mass is 32.1. The first-order chi connectivity index (χ1) is 13.7. The van der Waals surface area contributed by atoms with Crippen LogP contribution in [0.2, 0.25) is 0 Å². The molecule has 2 aromatic heterocycles. The molecular formula is C19H19N5O3S. The molecular weight excluding hydrogens is 378 g/mol. The van der Waals surface area contributed by atoms with Crippen molar-refractivity contribution in [1.82, 2.24) is 20.2 Å². The van der Waals surface area contributed by atoms with Crippen LogP contribution in [0, 0.1) is 0 Å². The summed E-state index contributed by atoms with van der Waals surface area (Å²) >= 11 is 1.38. The van der Waals surface area contributed by atoms with Crippen LogP contribution in [0.1, 0.15) is 33.0 Å². The molecule has 8 nitrogen and oxygen atoms in total. The Morgan fingerprint density at radius 1 is 1.21 bits per heavy atom. The third kappa shape index (κ3) is 2.78. The van der Waals surface area contributed by atoms with E-state index in [4.69, 9.17) is 4.74 Å². The van der Waals surface area contributed by atoms with Crippen LogP contribution >= 0.6 is 11.3 Å². The zero-order valence-electron chi connectivity index (χ0n) is 15.1. The summed E-state index contributed by atoms with van der Waals surface area (Å²) in [6, 6.07) is 11.6. The summed E-state index contributed by atoms with van der Waals surface area (Å²) in [5.41, 5.74) is 1.57. The van der Waals surface area contributed by atoms with Crippen molar-refractivity contribution in [3.05, 3.63) is 51.7 Å². The maximum Gasteiger partial charge on any atom is 0.345 e. The molecule has 0 saturated carbocycles. The van der Waals surface area contributed by atoms with E-state index < -0.39 is 11.6 Å². The zero-order valence-corrected chi connectivity index (χ0v) is 15.9. The lowest BCUT2D eigenvalue weighted by molar-refractivity contribution is -0.0758. The van der Waals surface area contributed by atoms with E-state index in [0.717, 1.165) is 48.5 Å². The van der Waals surface area contributed by atoms with Crippen LogP contribution in [0.25, 0.3) is 5.69 Å². The predicted octanol–water partition coefficient (Wildman–Crippen LogP) is 2.49. The monoisotopic (exact) mass is 397 g/mol. The summed E-state index contributed by atoms with van der Waals surface area (Å²) in [5, 5.41) is 21.6. The molecule has 144 valence electrons. The molecule has 2 aliphatic rings. The molecule has 1 fully saturated rings. The van der Waals surface area contributed by atoms with Gasteiger partial charge in [-0.1, -0.05) is 23.3 Å². The van der Waals surface area contributed by atoms with Gasteiger partial charge in [0.15, 0.2) is 0 Å². The third-order valence-electron chi connectivity index (χ3n) is 5.53. The number of nitrogens with zero attached hydrogens (tertiary/aromatic N) is 5. The topological polar surface area (TPSA) is 93.4 Å². The highest BCUT2D eigenvalue weighted by Gasteiger charge is 2.43. The van der Waals surface area contributed by atoms with E-state index in [1.807, 2.05) is 36.4 Å². The number of aromatic nitrogens is 4. The number of tetrazole rings is 1. The van der Waals surface area contributed by atoms with Gasteiger partial charge >= 0.3 is 5.97 Å². The molecule has 2 aliphatic heterocycles. The minimum absolute atomic E-state index is 0.394. The number of anilines is 1. The molecule has 1 aromatic carbocycles. The van der Waals surface area contributed by atoms with Gasteiger partial charge in [0.25, 0.3) is 0 Å². The van der Waals surface area contributed by atoms with Crippen LogP contribution in [0.15, 0.2) is 36.4 Å². The van der Waals surface area contributed by atoms with Gasteiger partial charge in [-0.2, -0.15) is 4.68 Å². The molecule has 28 heavy (non-hydrogen) atoms. The molecule has 0 atom stereocenters. The van der Waals surface area contributed by atoms with E-state index in [9.17, 15) is 9.90 Å². The van der Waals surface area contributed by atoms with Crippen LogP contribution in [0.4, 0.5) is 5.95 Å². The molecule has 0 radical (unpaired) electrons. The van der Waals surface area contributed by atoms with Gasteiger partial charge in [-0.15, -0.1) is 11.3 Å². The Bertz CT molecular complexity index is 1010. The number of piperidine rings is 1. The smallest absolute Gasteiger partial charge is 0.345 e. The number of ether oxygens (including phenoxy) is 1. The molecule has 0 amide bonds. The van der Waals surface area contributed by atoms with Crippen LogP contribution in [-0.4, -0.2) is 51.0 Å². The molecule has 0 bridgehead atoms. The Hall–Kier alpha value is -2.78. The average Bonchev–Trinajstić information content (AvgIpc) is 3.38. The number of carboxylic acid groups (broad SMARTS) is 1. The van der Waals surface area contributed by atoms with Crippen molar-refractivity contribution in [2.24, 2.45) is 0 Å². The molecule has 9 heteroatoms. The van der Waals surface area contributed by atoms with E-state index in [2.05, 4.69) is 20.4 Å². The van der Waals surface area contributed by atoms with Crippen molar-refractivity contribution in [1.29, 1.82) is 0 Å². The van der Waals surface area contributed by atoms with Gasteiger partial charge in [-0.05, 0) is 47.0 Å². The molecule has 1 saturated heterocycles. The Balaban J connectivity index is 1.40. The van der Waals surface area contributed by atoms with Gasteiger partial charge in [-0.25, -0.2) is 4.79 Å². The predicted molar refractivity (Wildman–Crippen MR) is 103 cm³/mol. The summed E-state index contributed by atoms with van der Waals surface area (Å²) in [5.74, 6) is -0.150. The zero-order chi connectivity index (χ0) is 19.1. The number of rotatable bonds is 3. The Morgan fingerprint density at radius 2 is 2.00 bits per heavy atom. The van der Waals surface area contributed by atoms with Crippen molar-refractivity contribution < 1.29 is 14.6 Å². The van der Waals surface area contributed by atoms with E-state index in [1.165, 1.54) is 11.3 Å². The molecule has 0 aliphatic carbocycles. The lowest BCUT2D eigenvalue weighted by Gasteiger charge is -2.44. The second kappa shape index (κ2) is 6.68. The number of thiophene rings is 1. The second-order valence-corrected chi connectivity index (χ2v) is 8.20. The fourth-order valence-electron chi connectivity index (χ4n) is 4.12. The van der Waals surface area contributed by atoms with Crippen molar-refractivity contribution in [3.63, 3.8) is 0 Å². The normalized spacial score (nSPS) is 18.2. The minimum atomic E-state index is -0.867. The van der Waals surface area contributed by atoms with E-state index >= 15 is 0 Å². The Morgan fingerprint density at radius 3 is 2.75 bits per heavy atom. The van der Waals surface area contributed by atoms with Gasteiger partial charge in [0.05, 0.1) is 17.9 Å². The molecule has 3 aromatic rings. The molecule has 4 heterocycles. The third-order valence-corrected chi connectivity index (χ3v) is 6.71. The van der Waals surface area contributed by atoms with Crippen LogP contribution in [-0.2, 0) is 16.8 Å².